The van der Waals surface area contributed by atoms with Gasteiger partial charge in [-0.3, -0.25) is 4.79 Å². The molecule has 0 fully saturated rings. The van der Waals surface area contributed by atoms with Gasteiger partial charge >= 0.3 is 0 Å². The minimum atomic E-state index is -0.410. The molecule has 1 aromatic carbocycles. The van der Waals surface area contributed by atoms with Gasteiger partial charge in [-0.1, -0.05) is 35.0 Å². The summed E-state index contributed by atoms with van der Waals surface area (Å²) in [5.74, 6) is -0.354. The highest BCUT2D eigenvalue weighted by Crippen LogP contribution is 2.21. The lowest BCUT2D eigenvalue weighted by Gasteiger charge is -2.15. The number of rotatable bonds is 4. The van der Waals surface area contributed by atoms with E-state index >= 15 is 0 Å². The predicted octanol–water partition coefficient (Wildman–Crippen LogP) is 1.89. The Labute approximate surface area is 98.2 Å². The fourth-order valence-electron chi connectivity index (χ4n) is 1.38. The van der Waals surface area contributed by atoms with Crippen LogP contribution in [0, 0.1) is 6.92 Å². The smallest absolute Gasteiger partial charge is 0.239 e. The topological polar surface area (TPSA) is 55.1 Å². The van der Waals surface area contributed by atoms with Gasteiger partial charge in [0.2, 0.25) is 5.91 Å². The third kappa shape index (κ3) is 3.04. The van der Waals surface area contributed by atoms with E-state index in [-0.39, 0.29) is 5.91 Å². The molecule has 0 saturated carbocycles. The fraction of sp³-hybridized carbons (Fsp3) is 0.364. The Morgan fingerprint density at radius 3 is 2.73 bits per heavy atom. The van der Waals surface area contributed by atoms with E-state index in [0.717, 1.165) is 15.6 Å². The highest BCUT2D eigenvalue weighted by atomic mass is 79.9. The van der Waals surface area contributed by atoms with E-state index < -0.39 is 6.04 Å². The molecule has 82 valence electrons. The zero-order valence-corrected chi connectivity index (χ0v) is 10.5. The molecule has 0 aliphatic carbocycles. The summed E-state index contributed by atoms with van der Waals surface area (Å²) in [5.41, 5.74) is 7.35. The van der Waals surface area contributed by atoms with Gasteiger partial charge in [0.1, 0.15) is 6.04 Å². The van der Waals surface area contributed by atoms with Gasteiger partial charge in [-0.2, -0.15) is 0 Å². The van der Waals surface area contributed by atoms with Gasteiger partial charge in [-0.05, 0) is 30.7 Å². The molecule has 0 bridgehead atoms. The Morgan fingerprint density at radius 1 is 1.60 bits per heavy atom. The number of benzene rings is 1. The van der Waals surface area contributed by atoms with E-state index in [1.165, 1.54) is 0 Å². The van der Waals surface area contributed by atoms with E-state index in [0.29, 0.717) is 6.54 Å². The van der Waals surface area contributed by atoms with Gasteiger partial charge in [0.15, 0.2) is 0 Å². The number of likely N-dealkylation sites (N-methyl/N-ethyl adjacent to an activating group) is 1. The highest BCUT2D eigenvalue weighted by molar-refractivity contribution is 9.10. The van der Waals surface area contributed by atoms with Crippen molar-refractivity contribution in [2.75, 3.05) is 6.54 Å². The van der Waals surface area contributed by atoms with Crippen LogP contribution in [-0.2, 0) is 4.79 Å². The third-order valence-electron chi connectivity index (χ3n) is 2.22. The highest BCUT2D eigenvalue weighted by Gasteiger charge is 2.16. The van der Waals surface area contributed by atoms with Gasteiger partial charge in [0, 0.05) is 4.47 Å². The van der Waals surface area contributed by atoms with Crippen molar-refractivity contribution in [1.29, 1.82) is 0 Å². The largest absolute Gasteiger partial charge is 0.368 e. The van der Waals surface area contributed by atoms with Gasteiger partial charge in [-0.15, -0.1) is 0 Å². The zero-order chi connectivity index (χ0) is 11.4. The van der Waals surface area contributed by atoms with Crippen LogP contribution in [0.25, 0.3) is 0 Å². The quantitative estimate of drug-likeness (QED) is 0.878. The molecule has 1 rings (SSSR count). The van der Waals surface area contributed by atoms with Crippen molar-refractivity contribution in [3.63, 3.8) is 0 Å². The summed E-state index contributed by atoms with van der Waals surface area (Å²) in [6, 6.07) is 5.39. The number of hydrogen-bond acceptors (Lipinski definition) is 2. The Kier molecular flexibility index (Phi) is 4.29. The summed E-state index contributed by atoms with van der Waals surface area (Å²) < 4.78 is 0.990. The molecule has 15 heavy (non-hydrogen) atoms. The summed E-state index contributed by atoms with van der Waals surface area (Å²) in [6.07, 6.45) is 0. The van der Waals surface area contributed by atoms with Crippen molar-refractivity contribution in [2.45, 2.75) is 19.9 Å². The van der Waals surface area contributed by atoms with Crippen LogP contribution in [0.15, 0.2) is 22.7 Å². The Hall–Kier alpha value is -0.870. The molecule has 1 atom stereocenters. The molecule has 3 N–H and O–H groups in total. The van der Waals surface area contributed by atoms with Crippen molar-refractivity contribution in [3.05, 3.63) is 33.8 Å². The molecule has 4 heteroatoms. The number of aryl methyl sites for hydroxylation is 1. The number of primary amides is 1. The summed E-state index contributed by atoms with van der Waals surface area (Å²) >= 11 is 3.43. The molecule has 1 amide bonds. The average Bonchev–Trinajstić information content (AvgIpc) is 2.18. The van der Waals surface area contributed by atoms with E-state index in [2.05, 4.69) is 21.2 Å². The molecule has 0 heterocycles. The summed E-state index contributed by atoms with van der Waals surface area (Å²) in [7, 11) is 0. The number of amides is 1. The normalized spacial score (nSPS) is 12.5. The lowest BCUT2D eigenvalue weighted by Crippen LogP contribution is -2.33. The van der Waals surface area contributed by atoms with E-state index in [9.17, 15) is 4.79 Å². The van der Waals surface area contributed by atoms with E-state index in [4.69, 9.17) is 5.73 Å². The zero-order valence-electron chi connectivity index (χ0n) is 8.88. The standard InChI is InChI=1S/C11H15BrN2O/c1-3-14-10(11(13)15)8-5-4-7(2)9(12)6-8/h4-6,10,14H,3H2,1-2H3,(H2,13,15). The van der Waals surface area contributed by atoms with Crippen molar-refractivity contribution < 1.29 is 4.79 Å². The van der Waals surface area contributed by atoms with Crippen LogP contribution >= 0.6 is 15.9 Å². The van der Waals surface area contributed by atoms with Gasteiger partial charge < -0.3 is 11.1 Å². The van der Waals surface area contributed by atoms with Gasteiger partial charge in [0.05, 0.1) is 0 Å². The maximum atomic E-state index is 11.2. The van der Waals surface area contributed by atoms with Crippen molar-refractivity contribution in [1.82, 2.24) is 5.32 Å². The second-order valence-corrected chi connectivity index (χ2v) is 4.26. The first kappa shape index (κ1) is 12.2. The number of carbonyl (C=O) groups is 1. The Bertz CT molecular complexity index is 366. The van der Waals surface area contributed by atoms with E-state index in [1.54, 1.807) is 0 Å². The summed E-state index contributed by atoms with van der Waals surface area (Å²) in [4.78, 5) is 11.2. The number of halogens is 1. The predicted molar refractivity (Wildman–Crippen MR) is 64.5 cm³/mol. The molecule has 3 nitrogen and oxygen atoms in total. The van der Waals surface area contributed by atoms with Crippen LogP contribution in [0.2, 0.25) is 0 Å². The second-order valence-electron chi connectivity index (χ2n) is 3.40. The third-order valence-corrected chi connectivity index (χ3v) is 3.08. The molecular weight excluding hydrogens is 256 g/mol. The van der Waals surface area contributed by atoms with Crippen molar-refractivity contribution in [2.24, 2.45) is 5.73 Å². The summed E-state index contributed by atoms with van der Waals surface area (Å²) in [5, 5.41) is 3.05. The van der Waals surface area contributed by atoms with Crippen LogP contribution in [0.4, 0.5) is 0 Å². The lowest BCUT2D eigenvalue weighted by atomic mass is 10.0. The number of hydrogen-bond donors (Lipinski definition) is 2. The first-order valence-electron chi connectivity index (χ1n) is 4.85. The molecule has 0 aliphatic heterocycles. The number of nitrogens with two attached hydrogens (primary N) is 1. The second kappa shape index (κ2) is 5.28. The number of nitrogens with one attached hydrogen (secondary N) is 1. The lowest BCUT2D eigenvalue weighted by molar-refractivity contribution is -0.120. The van der Waals surface area contributed by atoms with Crippen LogP contribution in [0.5, 0.6) is 0 Å². The Balaban J connectivity index is 3.01. The summed E-state index contributed by atoms with van der Waals surface area (Å²) in [6.45, 7) is 4.65. The minimum Gasteiger partial charge on any atom is -0.368 e. The maximum absolute atomic E-state index is 11.2. The SMILES string of the molecule is CCNC(C(N)=O)c1ccc(C)c(Br)c1. The van der Waals surface area contributed by atoms with Crippen LogP contribution < -0.4 is 11.1 Å². The van der Waals surface area contributed by atoms with Crippen LogP contribution in [0.3, 0.4) is 0 Å². The first-order valence-corrected chi connectivity index (χ1v) is 5.64. The van der Waals surface area contributed by atoms with Crippen LogP contribution in [-0.4, -0.2) is 12.5 Å². The molecular formula is C11H15BrN2O. The van der Waals surface area contributed by atoms with Crippen molar-refractivity contribution >= 4 is 21.8 Å². The first-order chi connectivity index (χ1) is 7.06. The van der Waals surface area contributed by atoms with Crippen molar-refractivity contribution in [3.8, 4) is 0 Å². The van der Waals surface area contributed by atoms with Gasteiger partial charge in [0.25, 0.3) is 0 Å². The van der Waals surface area contributed by atoms with E-state index in [1.807, 2.05) is 32.0 Å². The maximum Gasteiger partial charge on any atom is 0.239 e. The molecule has 0 aliphatic rings. The monoisotopic (exact) mass is 270 g/mol. The molecule has 0 radical (unpaired) electrons. The molecule has 0 saturated heterocycles. The fourth-order valence-corrected chi connectivity index (χ4v) is 1.77. The molecule has 0 spiro atoms. The van der Waals surface area contributed by atoms with Gasteiger partial charge in [-0.25, -0.2) is 0 Å². The average molecular weight is 271 g/mol. The number of carbonyl (C=O) groups excluding carboxylic acids is 1. The molecule has 1 unspecified atom stereocenters. The molecule has 1 aromatic rings. The minimum absolute atomic E-state index is 0.354. The van der Waals surface area contributed by atoms with Crippen LogP contribution in [0.1, 0.15) is 24.1 Å². The molecule has 0 aromatic heterocycles. The Morgan fingerprint density at radius 2 is 2.27 bits per heavy atom.